The Kier molecular flexibility index (Phi) is 5.34. The first-order valence-corrected chi connectivity index (χ1v) is 3.69. The van der Waals surface area contributed by atoms with Crippen molar-refractivity contribution in [2.75, 3.05) is 0 Å². The fourth-order valence-corrected chi connectivity index (χ4v) is 0.940. The molecule has 68 valence electrons. The normalized spacial score (nSPS) is 9.58. The van der Waals surface area contributed by atoms with Gasteiger partial charge >= 0.3 is 0 Å². The van der Waals surface area contributed by atoms with Crippen molar-refractivity contribution in [2.24, 2.45) is 0 Å². The van der Waals surface area contributed by atoms with E-state index in [1.54, 1.807) is 0 Å². The summed E-state index contributed by atoms with van der Waals surface area (Å²) >= 11 is 0. The van der Waals surface area contributed by atoms with Crippen molar-refractivity contribution in [3.8, 4) is 0 Å². The number of rotatable bonds is 3. The smallest absolute Gasteiger partial charge is 0.151 e. The molecule has 12 heavy (non-hydrogen) atoms. The molecular formula is C10H16O2. The van der Waals surface area contributed by atoms with Gasteiger partial charge in [-0.2, -0.15) is 0 Å². The lowest BCUT2D eigenvalue weighted by Crippen LogP contribution is -2.05. The second-order valence-corrected chi connectivity index (χ2v) is 2.50. The van der Waals surface area contributed by atoms with E-state index in [4.69, 9.17) is 10.2 Å². The van der Waals surface area contributed by atoms with E-state index in [0.717, 1.165) is 12.0 Å². The van der Waals surface area contributed by atoms with E-state index >= 15 is 0 Å². The molecule has 0 aliphatic heterocycles. The summed E-state index contributed by atoms with van der Waals surface area (Å²) in [6.07, 6.45) is -0.0575. The van der Waals surface area contributed by atoms with E-state index < -0.39 is 6.29 Å². The van der Waals surface area contributed by atoms with Crippen molar-refractivity contribution < 1.29 is 10.2 Å². The predicted molar refractivity (Wildman–Crippen MR) is 49.7 cm³/mol. The maximum absolute atomic E-state index is 8.57. The maximum atomic E-state index is 8.57. The van der Waals surface area contributed by atoms with Crippen LogP contribution in [0.25, 0.3) is 0 Å². The summed E-state index contributed by atoms with van der Waals surface area (Å²) in [5.74, 6) is 0. The van der Waals surface area contributed by atoms with E-state index in [-0.39, 0.29) is 7.43 Å². The van der Waals surface area contributed by atoms with Crippen LogP contribution >= 0.6 is 0 Å². The number of benzene rings is 1. The molecule has 1 aromatic carbocycles. The molecule has 2 N–H and O–H groups in total. The molecule has 0 unspecified atom stereocenters. The lowest BCUT2D eigenvalue weighted by Gasteiger charge is -2.02. The van der Waals surface area contributed by atoms with Crippen molar-refractivity contribution in [3.05, 3.63) is 35.9 Å². The van der Waals surface area contributed by atoms with E-state index in [9.17, 15) is 0 Å². The van der Waals surface area contributed by atoms with Crippen molar-refractivity contribution in [3.63, 3.8) is 0 Å². The summed E-state index contributed by atoms with van der Waals surface area (Å²) in [7, 11) is 0. The van der Waals surface area contributed by atoms with Crippen LogP contribution in [0, 0.1) is 0 Å². The Balaban J connectivity index is 0.00000121. The van der Waals surface area contributed by atoms with Crippen LogP contribution in [0.4, 0.5) is 0 Å². The Morgan fingerprint density at radius 1 is 1.08 bits per heavy atom. The number of aliphatic hydroxyl groups excluding tert-OH is 1. The second-order valence-electron chi connectivity index (χ2n) is 2.50. The minimum atomic E-state index is -1.18. The lowest BCUT2D eigenvalue weighted by atomic mass is 10.1. The first-order valence-electron chi connectivity index (χ1n) is 3.69. The number of hydrogen-bond donors (Lipinski definition) is 2. The number of hydrogen-bond acceptors (Lipinski definition) is 2. The first kappa shape index (κ1) is 11.1. The molecule has 0 spiro atoms. The molecule has 0 aliphatic carbocycles. The first-order chi connectivity index (χ1) is 5.29. The summed E-state index contributed by atoms with van der Waals surface area (Å²) in [5.41, 5.74) is 1.14. The van der Waals surface area contributed by atoms with Crippen molar-refractivity contribution in [1.29, 1.82) is 0 Å². The van der Waals surface area contributed by atoms with E-state index in [2.05, 4.69) is 0 Å². The van der Waals surface area contributed by atoms with Crippen LogP contribution in [-0.2, 0) is 6.42 Å². The fourth-order valence-electron chi connectivity index (χ4n) is 0.940. The van der Waals surface area contributed by atoms with Gasteiger partial charge in [0.1, 0.15) is 0 Å². The molecule has 1 rings (SSSR count). The standard InChI is InChI=1S/C9H12O2.CH4/c10-9(11)7-6-8-4-2-1-3-5-8;/h1-5,9-11H,6-7H2;1H4. The molecule has 0 aromatic heterocycles. The molecule has 1 aromatic rings. The summed E-state index contributed by atoms with van der Waals surface area (Å²) in [6.45, 7) is 0. The van der Waals surface area contributed by atoms with Crippen LogP contribution < -0.4 is 0 Å². The highest BCUT2D eigenvalue weighted by atomic mass is 16.5. The average molecular weight is 168 g/mol. The Hall–Kier alpha value is -0.860. The van der Waals surface area contributed by atoms with Gasteiger partial charge in [-0.15, -0.1) is 0 Å². The quantitative estimate of drug-likeness (QED) is 0.672. The van der Waals surface area contributed by atoms with Gasteiger partial charge in [0.15, 0.2) is 6.29 Å². The highest BCUT2D eigenvalue weighted by molar-refractivity contribution is 5.14. The van der Waals surface area contributed by atoms with Gasteiger partial charge in [0.05, 0.1) is 0 Å². The molecule has 0 saturated heterocycles. The molecule has 0 aliphatic rings. The zero-order valence-corrected chi connectivity index (χ0v) is 6.27. The highest BCUT2D eigenvalue weighted by Gasteiger charge is 1.97. The van der Waals surface area contributed by atoms with Crippen LogP contribution in [0.2, 0.25) is 0 Å². The van der Waals surface area contributed by atoms with Gasteiger partial charge in [-0.3, -0.25) is 0 Å². The van der Waals surface area contributed by atoms with Crippen LogP contribution in [0.15, 0.2) is 30.3 Å². The molecule has 0 fully saturated rings. The van der Waals surface area contributed by atoms with Crippen LogP contribution in [0.3, 0.4) is 0 Å². The van der Waals surface area contributed by atoms with Crippen molar-refractivity contribution in [2.45, 2.75) is 26.6 Å². The molecule has 0 saturated carbocycles. The van der Waals surface area contributed by atoms with Crippen LogP contribution in [0.5, 0.6) is 0 Å². The van der Waals surface area contributed by atoms with Crippen LogP contribution in [0.1, 0.15) is 19.4 Å². The highest BCUT2D eigenvalue weighted by Crippen LogP contribution is 2.03. The Morgan fingerprint density at radius 3 is 2.17 bits per heavy atom. The zero-order valence-electron chi connectivity index (χ0n) is 6.27. The largest absolute Gasteiger partial charge is 0.368 e. The lowest BCUT2D eigenvalue weighted by molar-refractivity contribution is -0.0446. The maximum Gasteiger partial charge on any atom is 0.151 e. The van der Waals surface area contributed by atoms with E-state index in [0.29, 0.717) is 6.42 Å². The van der Waals surface area contributed by atoms with Gasteiger partial charge in [-0.05, 0) is 12.0 Å². The third kappa shape index (κ3) is 4.11. The average Bonchev–Trinajstić information content (AvgIpc) is 2.03. The topological polar surface area (TPSA) is 40.5 Å². The van der Waals surface area contributed by atoms with Gasteiger partial charge in [-0.25, -0.2) is 0 Å². The Labute approximate surface area is 73.5 Å². The van der Waals surface area contributed by atoms with E-state index in [1.807, 2.05) is 30.3 Å². The molecular weight excluding hydrogens is 152 g/mol. The number of aliphatic hydroxyl groups is 2. The van der Waals surface area contributed by atoms with Crippen molar-refractivity contribution >= 4 is 0 Å². The van der Waals surface area contributed by atoms with Crippen molar-refractivity contribution in [1.82, 2.24) is 0 Å². The minimum Gasteiger partial charge on any atom is -0.368 e. The fraction of sp³-hybridized carbons (Fsp3) is 0.400. The molecule has 0 radical (unpaired) electrons. The third-order valence-electron chi connectivity index (χ3n) is 1.53. The van der Waals surface area contributed by atoms with Gasteiger partial charge in [0.25, 0.3) is 0 Å². The monoisotopic (exact) mass is 168 g/mol. The summed E-state index contributed by atoms with van der Waals surface area (Å²) < 4.78 is 0. The minimum absolute atomic E-state index is 0. The Morgan fingerprint density at radius 2 is 1.67 bits per heavy atom. The van der Waals surface area contributed by atoms with Gasteiger partial charge in [0, 0.05) is 6.42 Å². The molecule has 0 amide bonds. The Bertz CT molecular complexity index is 194. The molecule has 2 nitrogen and oxygen atoms in total. The molecule has 0 atom stereocenters. The summed E-state index contributed by atoms with van der Waals surface area (Å²) in [5, 5.41) is 17.1. The molecule has 0 bridgehead atoms. The predicted octanol–water partition coefficient (Wildman–Crippen LogP) is 1.57. The second kappa shape index (κ2) is 5.75. The zero-order chi connectivity index (χ0) is 8.10. The van der Waals surface area contributed by atoms with Gasteiger partial charge in [0.2, 0.25) is 0 Å². The van der Waals surface area contributed by atoms with Gasteiger partial charge in [-0.1, -0.05) is 37.8 Å². The summed E-state index contributed by atoms with van der Waals surface area (Å²) in [4.78, 5) is 0. The van der Waals surface area contributed by atoms with E-state index in [1.165, 1.54) is 0 Å². The van der Waals surface area contributed by atoms with Gasteiger partial charge < -0.3 is 10.2 Å². The molecule has 2 heteroatoms. The summed E-state index contributed by atoms with van der Waals surface area (Å²) in [6, 6.07) is 9.78. The SMILES string of the molecule is C.OC(O)CCc1ccccc1. The number of aryl methyl sites for hydroxylation is 1. The third-order valence-corrected chi connectivity index (χ3v) is 1.53. The molecule has 0 heterocycles. The van der Waals surface area contributed by atoms with Crippen LogP contribution in [-0.4, -0.2) is 16.5 Å².